The Labute approximate surface area is 170 Å². The molecule has 6 heteroatoms. The van der Waals surface area contributed by atoms with Gasteiger partial charge in [-0.05, 0) is 69.0 Å². The van der Waals surface area contributed by atoms with Crippen LogP contribution in [0.3, 0.4) is 0 Å². The second-order valence-corrected chi connectivity index (χ2v) is 8.35. The van der Waals surface area contributed by atoms with Crippen molar-refractivity contribution in [3.63, 3.8) is 0 Å². The van der Waals surface area contributed by atoms with Crippen LogP contribution in [0.2, 0.25) is 0 Å². The number of benzene rings is 2. The molecule has 2 atom stereocenters. The van der Waals surface area contributed by atoms with Crippen molar-refractivity contribution in [3.8, 4) is 0 Å². The number of carbonyl (C=O) groups is 1. The monoisotopic (exact) mass is 403 g/mol. The Morgan fingerprint density at radius 1 is 1.10 bits per heavy atom. The number of nitrogens with zero attached hydrogens (tertiary/aromatic N) is 1. The highest BCUT2D eigenvalue weighted by Crippen LogP contribution is 2.41. The van der Waals surface area contributed by atoms with Crippen molar-refractivity contribution in [2.75, 3.05) is 6.54 Å². The lowest BCUT2D eigenvalue weighted by atomic mass is 9.82. The van der Waals surface area contributed by atoms with Gasteiger partial charge < -0.3 is 14.7 Å². The zero-order valence-corrected chi connectivity index (χ0v) is 17.0. The van der Waals surface area contributed by atoms with Crippen LogP contribution in [0, 0.1) is 11.6 Å². The smallest absolute Gasteiger partial charge is 0.411 e. The van der Waals surface area contributed by atoms with Crippen LogP contribution in [0.15, 0.2) is 48.5 Å². The Morgan fingerprint density at radius 3 is 2.17 bits per heavy atom. The summed E-state index contributed by atoms with van der Waals surface area (Å²) >= 11 is 0. The quantitative estimate of drug-likeness (QED) is 0.711. The van der Waals surface area contributed by atoms with Crippen LogP contribution >= 0.6 is 0 Å². The standard InChI is InChI=1S/C23H27F2NO3/c1-16(17-4-8-19(24)9-5-17)26-15-14-23(29-21(26)27,13-12-22(2,3)28)18-6-10-20(25)11-7-18/h4-11,16,28H,12-15H2,1-3H3/t16-,23?/m0/s1. The molecule has 0 bridgehead atoms. The molecule has 0 radical (unpaired) electrons. The average Bonchev–Trinajstić information content (AvgIpc) is 2.66. The molecule has 4 nitrogen and oxygen atoms in total. The number of hydrogen-bond acceptors (Lipinski definition) is 3. The van der Waals surface area contributed by atoms with E-state index in [-0.39, 0.29) is 17.7 Å². The van der Waals surface area contributed by atoms with E-state index in [9.17, 15) is 18.7 Å². The Morgan fingerprint density at radius 2 is 1.66 bits per heavy atom. The molecule has 3 rings (SSSR count). The van der Waals surface area contributed by atoms with E-state index in [0.29, 0.717) is 31.4 Å². The number of carbonyl (C=O) groups excluding carboxylic acids is 1. The molecule has 0 saturated carbocycles. The third-order valence-corrected chi connectivity index (χ3v) is 5.60. The van der Waals surface area contributed by atoms with Crippen molar-refractivity contribution in [1.29, 1.82) is 0 Å². The van der Waals surface area contributed by atoms with Gasteiger partial charge in [0, 0.05) is 13.0 Å². The first-order valence-corrected chi connectivity index (χ1v) is 9.83. The van der Waals surface area contributed by atoms with Crippen molar-refractivity contribution in [2.45, 2.75) is 57.3 Å². The van der Waals surface area contributed by atoms with Gasteiger partial charge in [0.1, 0.15) is 17.2 Å². The van der Waals surface area contributed by atoms with E-state index in [0.717, 1.165) is 5.56 Å². The topological polar surface area (TPSA) is 49.8 Å². The number of amides is 1. The molecular formula is C23H27F2NO3. The lowest BCUT2D eigenvalue weighted by Crippen LogP contribution is -2.49. The predicted molar refractivity (Wildman–Crippen MR) is 106 cm³/mol. The molecule has 1 N–H and O–H groups in total. The SMILES string of the molecule is C[C@@H](c1ccc(F)cc1)N1CCC(CCC(C)(C)O)(c2ccc(F)cc2)OC1=O. The molecule has 1 saturated heterocycles. The van der Waals surface area contributed by atoms with E-state index in [4.69, 9.17) is 4.74 Å². The third kappa shape index (κ3) is 4.93. The molecule has 1 aliphatic rings. The number of hydrogen-bond donors (Lipinski definition) is 1. The van der Waals surface area contributed by atoms with Crippen molar-refractivity contribution < 1.29 is 23.4 Å². The molecule has 29 heavy (non-hydrogen) atoms. The number of halogens is 2. The zero-order valence-electron chi connectivity index (χ0n) is 17.0. The van der Waals surface area contributed by atoms with Crippen LogP contribution in [0.5, 0.6) is 0 Å². The van der Waals surface area contributed by atoms with Crippen molar-refractivity contribution in [2.24, 2.45) is 0 Å². The molecular weight excluding hydrogens is 376 g/mol. The fourth-order valence-corrected chi connectivity index (χ4v) is 3.73. The summed E-state index contributed by atoms with van der Waals surface area (Å²) < 4.78 is 32.6. The molecule has 1 fully saturated rings. The number of ether oxygens (including phenoxy) is 1. The number of aliphatic hydroxyl groups is 1. The molecule has 1 amide bonds. The minimum atomic E-state index is -0.927. The minimum absolute atomic E-state index is 0.274. The van der Waals surface area contributed by atoms with Gasteiger partial charge in [-0.3, -0.25) is 0 Å². The van der Waals surface area contributed by atoms with E-state index in [1.165, 1.54) is 24.3 Å². The third-order valence-electron chi connectivity index (χ3n) is 5.60. The van der Waals surface area contributed by atoms with Crippen molar-refractivity contribution >= 4 is 6.09 Å². The molecule has 2 aromatic rings. The zero-order chi connectivity index (χ0) is 21.2. The maximum absolute atomic E-state index is 13.4. The molecule has 0 spiro atoms. The van der Waals surface area contributed by atoms with Crippen molar-refractivity contribution in [1.82, 2.24) is 4.90 Å². The van der Waals surface area contributed by atoms with Crippen LogP contribution < -0.4 is 0 Å². The fourth-order valence-electron chi connectivity index (χ4n) is 3.73. The highest BCUT2D eigenvalue weighted by Gasteiger charge is 2.44. The Bertz CT molecular complexity index is 846. The van der Waals surface area contributed by atoms with Gasteiger partial charge in [-0.1, -0.05) is 24.3 Å². The van der Waals surface area contributed by atoms with E-state index < -0.39 is 17.3 Å². The molecule has 0 aromatic heterocycles. The first kappa shape index (κ1) is 21.2. The van der Waals surface area contributed by atoms with Gasteiger partial charge >= 0.3 is 6.09 Å². The second kappa shape index (κ2) is 8.11. The molecule has 1 unspecified atom stereocenters. The molecule has 1 aliphatic heterocycles. The van der Waals surface area contributed by atoms with Gasteiger partial charge in [0.25, 0.3) is 0 Å². The summed E-state index contributed by atoms with van der Waals surface area (Å²) in [5, 5.41) is 10.2. The summed E-state index contributed by atoms with van der Waals surface area (Å²) in [6.07, 6.45) is 0.872. The molecule has 2 aromatic carbocycles. The highest BCUT2D eigenvalue weighted by molar-refractivity contribution is 5.70. The minimum Gasteiger partial charge on any atom is -0.438 e. The summed E-state index contributed by atoms with van der Waals surface area (Å²) in [6, 6.07) is 11.7. The summed E-state index contributed by atoms with van der Waals surface area (Å²) in [4.78, 5) is 14.6. The van der Waals surface area contributed by atoms with E-state index in [1.807, 2.05) is 6.92 Å². The Balaban J connectivity index is 1.84. The maximum atomic E-state index is 13.4. The highest BCUT2D eigenvalue weighted by atomic mass is 19.1. The lowest BCUT2D eigenvalue weighted by molar-refractivity contribution is -0.0768. The van der Waals surface area contributed by atoms with Crippen LogP contribution in [0.1, 0.15) is 57.2 Å². The second-order valence-electron chi connectivity index (χ2n) is 8.35. The first-order chi connectivity index (χ1) is 13.6. The lowest BCUT2D eigenvalue weighted by Gasteiger charge is -2.44. The van der Waals surface area contributed by atoms with Gasteiger partial charge in [-0.2, -0.15) is 0 Å². The maximum Gasteiger partial charge on any atom is 0.411 e. The molecule has 0 aliphatic carbocycles. The van der Waals surface area contributed by atoms with Crippen LogP contribution in [-0.2, 0) is 10.3 Å². The normalized spacial score (nSPS) is 21.0. The van der Waals surface area contributed by atoms with Crippen LogP contribution in [0.25, 0.3) is 0 Å². The van der Waals surface area contributed by atoms with Crippen LogP contribution in [0.4, 0.5) is 13.6 Å². The van der Waals surface area contributed by atoms with Gasteiger partial charge in [0.2, 0.25) is 0 Å². The van der Waals surface area contributed by atoms with E-state index in [1.54, 1.807) is 43.0 Å². The average molecular weight is 403 g/mol. The van der Waals surface area contributed by atoms with Gasteiger partial charge in [0.05, 0.1) is 11.6 Å². The van der Waals surface area contributed by atoms with Crippen molar-refractivity contribution in [3.05, 3.63) is 71.3 Å². The Hall–Kier alpha value is -2.47. The summed E-state index contributed by atoms with van der Waals surface area (Å²) in [5.74, 6) is -0.691. The predicted octanol–water partition coefficient (Wildman–Crippen LogP) is 5.31. The first-order valence-electron chi connectivity index (χ1n) is 9.83. The summed E-state index contributed by atoms with van der Waals surface area (Å²) in [5.41, 5.74) is -0.318. The number of rotatable bonds is 6. The summed E-state index contributed by atoms with van der Waals surface area (Å²) in [7, 11) is 0. The largest absolute Gasteiger partial charge is 0.438 e. The van der Waals surface area contributed by atoms with E-state index >= 15 is 0 Å². The van der Waals surface area contributed by atoms with Crippen LogP contribution in [-0.4, -0.2) is 28.2 Å². The molecule has 1 heterocycles. The van der Waals surface area contributed by atoms with Gasteiger partial charge in [-0.25, -0.2) is 13.6 Å². The molecule has 156 valence electrons. The van der Waals surface area contributed by atoms with Gasteiger partial charge in [-0.15, -0.1) is 0 Å². The summed E-state index contributed by atoms with van der Waals surface area (Å²) in [6.45, 7) is 5.72. The number of cyclic esters (lactones) is 1. The Kier molecular flexibility index (Phi) is 5.94. The van der Waals surface area contributed by atoms with E-state index in [2.05, 4.69) is 0 Å². The van der Waals surface area contributed by atoms with Gasteiger partial charge in [0.15, 0.2) is 0 Å². The fraction of sp³-hybridized carbons (Fsp3) is 0.435.